The molecule has 11 heavy (non-hydrogen) atoms. The highest BCUT2D eigenvalue weighted by molar-refractivity contribution is 8.01. The minimum absolute atomic E-state index is 0.380. The molecule has 64 valence electrons. The lowest BCUT2D eigenvalue weighted by Crippen LogP contribution is -2.54. The minimum Gasteiger partial charge on any atom is -0.297 e. The van der Waals surface area contributed by atoms with E-state index in [1.165, 1.54) is 18.6 Å². The Morgan fingerprint density at radius 2 is 2.00 bits per heavy atom. The molecule has 1 N–H and O–H groups in total. The lowest BCUT2D eigenvalue weighted by Gasteiger charge is -2.44. The third-order valence-corrected chi connectivity index (χ3v) is 4.49. The Balaban J connectivity index is 2.00. The molecule has 2 rings (SSSR count). The van der Waals surface area contributed by atoms with Crippen LogP contribution in [0.15, 0.2) is 0 Å². The van der Waals surface area contributed by atoms with E-state index < -0.39 is 0 Å². The van der Waals surface area contributed by atoms with Crippen LogP contribution in [-0.4, -0.2) is 16.2 Å². The van der Waals surface area contributed by atoms with E-state index in [9.17, 15) is 0 Å². The van der Waals surface area contributed by atoms with Gasteiger partial charge in [0.25, 0.3) is 0 Å². The van der Waals surface area contributed by atoms with Crippen LogP contribution in [-0.2, 0) is 0 Å². The molecule has 0 aromatic carbocycles. The van der Waals surface area contributed by atoms with Gasteiger partial charge in [-0.25, -0.2) is 0 Å². The SMILES string of the molecule is CC1CC2(C1)NC(C)(C)CS2. The van der Waals surface area contributed by atoms with Gasteiger partial charge in [-0.1, -0.05) is 6.92 Å². The second-order valence-corrected chi connectivity index (χ2v) is 6.16. The topological polar surface area (TPSA) is 12.0 Å². The molecule has 0 radical (unpaired) electrons. The molecule has 0 amide bonds. The van der Waals surface area contributed by atoms with Crippen molar-refractivity contribution in [1.29, 1.82) is 0 Å². The van der Waals surface area contributed by atoms with Gasteiger partial charge in [0.1, 0.15) is 0 Å². The Bertz CT molecular complexity index is 170. The van der Waals surface area contributed by atoms with E-state index in [2.05, 4.69) is 37.8 Å². The van der Waals surface area contributed by atoms with Crippen LogP contribution in [0.3, 0.4) is 0 Å². The molecule has 0 unspecified atom stereocenters. The quantitative estimate of drug-likeness (QED) is 0.600. The maximum absolute atomic E-state index is 3.74. The monoisotopic (exact) mass is 171 g/mol. The highest BCUT2D eigenvalue weighted by Gasteiger charge is 2.50. The zero-order valence-electron chi connectivity index (χ0n) is 7.61. The zero-order valence-corrected chi connectivity index (χ0v) is 8.42. The Morgan fingerprint density at radius 3 is 2.36 bits per heavy atom. The van der Waals surface area contributed by atoms with Crippen LogP contribution >= 0.6 is 11.8 Å². The summed E-state index contributed by atoms with van der Waals surface area (Å²) >= 11 is 2.13. The van der Waals surface area contributed by atoms with Crippen molar-refractivity contribution < 1.29 is 0 Å². The second-order valence-electron chi connectivity index (χ2n) is 4.81. The fourth-order valence-electron chi connectivity index (χ4n) is 2.29. The van der Waals surface area contributed by atoms with Crippen molar-refractivity contribution in [2.24, 2.45) is 5.92 Å². The molecule has 2 aliphatic rings. The van der Waals surface area contributed by atoms with Gasteiger partial charge >= 0.3 is 0 Å². The van der Waals surface area contributed by atoms with Gasteiger partial charge < -0.3 is 0 Å². The molecule has 1 saturated heterocycles. The van der Waals surface area contributed by atoms with Crippen molar-refractivity contribution in [3.8, 4) is 0 Å². The van der Waals surface area contributed by atoms with Crippen molar-refractivity contribution in [2.45, 2.75) is 44.0 Å². The Hall–Kier alpha value is 0.310. The number of rotatable bonds is 0. The molecular weight excluding hydrogens is 154 g/mol. The molecular formula is C9H17NS. The van der Waals surface area contributed by atoms with E-state index in [4.69, 9.17) is 0 Å². The number of nitrogens with one attached hydrogen (secondary N) is 1. The molecule has 2 heteroatoms. The summed E-state index contributed by atoms with van der Waals surface area (Å²) in [7, 11) is 0. The molecule has 1 heterocycles. The molecule has 0 aromatic heterocycles. The van der Waals surface area contributed by atoms with E-state index in [-0.39, 0.29) is 0 Å². The van der Waals surface area contributed by atoms with Crippen LogP contribution < -0.4 is 5.32 Å². The maximum Gasteiger partial charge on any atom is 0.0655 e. The van der Waals surface area contributed by atoms with Gasteiger partial charge in [0, 0.05) is 11.3 Å². The third kappa shape index (κ3) is 1.31. The summed E-state index contributed by atoms with van der Waals surface area (Å²) < 4.78 is 0. The van der Waals surface area contributed by atoms with Crippen LogP contribution in [0.1, 0.15) is 33.6 Å². The van der Waals surface area contributed by atoms with E-state index in [0.717, 1.165) is 5.92 Å². The summed E-state index contributed by atoms with van der Waals surface area (Å²) in [5.74, 6) is 2.23. The summed E-state index contributed by atoms with van der Waals surface area (Å²) in [6, 6.07) is 0. The van der Waals surface area contributed by atoms with Gasteiger partial charge in [0.2, 0.25) is 0 Å². The standard InChI is InChI=1S/C9H17NS/c1-7-4-9(5-7)10-8(2,3)6-11-9/h7,10H,4-6H2,1-3H3. The molecule has 1 spiro atoms. The van der Waals surface area contributed by atoms with Gasteiger partial charge in [-0.05, 0) is 32.6 Å². The van der Waals surface area contributed by atoms with Crippen molar-refractivity contribution in [1.82, 2.24) is 5.32 Å². The summed E-state index contributed by atoms with van der Waals surface area (Å²) in [6.07, 6.45) is 2.75. The molecule has 0 atom stereocenters. The van der Waals surface area contributed by atoms with Crippen LogP contribution in [0.5, 0.6) is 0 Å². The summed E-state index contributed by atoms with van der Waals surface area (Å²) in [6.45, 7) is 6.95. The van der Waals surface area contributed by atoms with E-state index >= 15 is 0 Å². The van der Waals surface area contributed by atoms with Gasteiger partial charge in [-0.15, -0.1) is 11.8 Å². The number of hydrogen-bond acceptors (Lipinski definition) is 2. The Kier molecular flexibility index (Phi) is 1.56. The first-order chi connectivity index (χ1) is 5.02. The molecule has 0 bridgehead atoms. The van der Waals surface area contributed by atoms with Crippen LogP contribution in [0.2, 0.25) is 0 Å². The molecule has 1 aliphatic carbocycles. The fourth-order valence-corrected chi connectivity index (χ4v) is 4.16. The molecule has 0 aromatic rings. The first-order valence-corrected chi connectivity index (χ1v) is 5.43. The maximum atomic E-state index is 3.74. The first kappa shape index (κ1) is 7.93. The smallest absolute Gasteiger partial charge is 0.0655 e. The van der Waals surface area contributed by atoms with E-state index in [1.54, 1.807) is 0 Å². The Morgan fingerprint density at radius 1 is 1.36 bits per heavy atom. The summed E-state index contributed by atoms with van der Waals surface area (Å²) in [5.41, 5.74) is 0.380. The Labute approximate surface area is 73.3 Å². The second kappa shape index (κ2) is 2.17. The van der Waals surface area contributed by atoms with E-state index in [1.807, 2.05) is 0 Å². The minimum atomic E-state index is 0.380. The van der Waals surface area contributed by atoms with Crippen molar-refractivity contribution in [3.63, 3.8) is 0 Å². The van der Waals surface area contributed by atoms with Crippen molar-refractivity contribution >= 4 is 11.8 Å². The number of hydrogen-bond donors (Lipinski definition) is 1. The average molecular weight is 171 g/mol. The largest absolute Gasteiger partial charge is 0.297 e. The number of thioether (sulfide) groups is 1. The lowest BCUT2D eigenvalue weighted by atomic mass is 9.80. The van der Waals surface area contributed by atoms with Gasteiger partial charge in [-0.3, -0.25) is 5.32 Å². The van der Waals surface area contributed by atoms with Crippen LogP contribution in [0.25, 0.3) is 0 Å². The highest BCUT2D eigenvalue weighted by Crippen LogP contribution is 2.51. The molecule has 1 nitrogen and oxygen atoms in total. The summed E-state index contributed by atoms with van der Waals surface area (Å²) in [5, 5.41) is 3.74. The lowest BCUT2D eigenvalue weighted by molar-refractivity contribution is 0.186. The van der Waals surface area contributed by atoms with Crippen molar-refractivity contribution in [3.05, 3.63) is 0 Å². The van der Waals surface area contributed by atoms with Crippen molar-refractivity contribution in [2.75, 3.05) is 5.75 Å². The fraction of sp³-hybridized carbons (Fsp3) is 1.00. The first-order valence-electron chi connectivity index (χ1n) is 4.45. The predicted molar refractivity (Wildman–Crippen MR) is 50.8 cm³/mol. The highest BCUT2D eigenvalue weighted by atomic mass is 32.2. The van der Waals surface area contributed by atoms with Crippen LogP contribution in [0.4, 0.5) is 0 Å². The molecule has 1 aliphatic heterocycles. The molecule has 2 fully saturated rings. The normalized spacial score (nSPS) is 47.7. The summed E-state index contributed by atoms with van der Waals surface area (Å²) in [4.78, 5) is 0.489. The van der Waals surface area contributed by atoms with Gasteiger partial charge in [0.05, 0.1) is 4.87 Å². The third-order valence-electron chi connectivity index (χ3n) is 2.63. The zero-order chi connectivity index (χ0) is 8.11. The van der Waals surface area contributed by atoms with E-state index in [0.29, 0.717) is 10.4 Å². The molecule has 1 saturated carbocycles. The van der Waals surface area contributed by atoms with Gasteiger partial charge in [-0.2, -0.15) is 0 Å². The van der Waals surface area contributed by atoms with Gasteiger partial charge in [0.15, 0.2) is 0 Å². The van der Waals surface area contributed by atoms with Crippen LogP contribution in [0, 0.1) is 5.92 Å². The average Bonchev–Trinajstić information content (AvgIpc) is 2.05. The predicted octanol–water partition coefficient (Wildman–Crippen LogP) is 2.23.